The summed E-state index contributed by atoms with van der Waals surface area (Å²) < 4.78 is 1.11. The van der Waals surface area contributed by atoms with Gasteiger partial charge in [0.25, 0.3) is 5.91 Å². The third kappa shape index (κ3) is 3.57. The van der Waals surface area contributed by atoms with Gasteiger partial charge in [0.2, 0.25) is 0 Å². The number of aromatic nitrogens is 1. The first-order valence-corrected chi connectivity index (χ1v) is 6.96. The van der Waals surface area contributed by atoms with Crippen LogP contribution in [0.15, 0.2) is 36.5 Å². The maximum Gasteiger partial charge on any atom is 0.257 e. The molecule has 1 aromatic carbocycles. The van der Waals surface area contributed by atoms with E-state index in [0.29, 0.717) is 16.4 Å². The van der Waals surface area contributed by atoms with Crippen molar-refractivity contribution in [1.29, 1.82) is 0 Å². The molecule has 98 valence electrons. The Balaban J connectivity index is 2.16. The SMILES string of the molecule is CNc1ncc(C(=O)Nc2ccc(I)cc2)cc1Cl. The molecule has 0 aliphatic heterocycles. The van der Waals surface area contributed by atoms with E-state index in [9.17, 15) is 4.79 Å². The van der Waals surface area contributed by atoms with Crippen molar-refractivity contribution in [3.05, 3.63) is 50.7 Å². The van der Waals surface area contributed by atoms with Crippen LogP contribution in [0.25, 0.3) is 0 Å². The van der Waals surface area contributed by atoms with Gasteiger partial charge in [0, 0.05) is 22.5 Å². The van der Waals surface area contributed by atoms with Crippen LogP contribution in [-0.2, 0) is 0 Å². The van der Waals surface area contributed by atoms with E-state index < -0.39 is 0 Å². The van der Waals surface area contributed by atoms with Crippen LogP contribution in [0, 0.1) is 3.57 Å². The second-order valence-electron chi connectivity index (χ2n) is 3.77. The quantitative estimate of drug-likeness (QED) is 0.791. The molecule has 2 N–H and O–H groups in total. The van der Waals surface area contributed by atoms with Crippen molar-refractivity contribution in [2.24, 2.45) is 0 Å². The van der Waals surface area contributed by atoms with Crippen LogP contribution in [0.4, 0.5) is 11.5 Å². The number of hydrogen-bond acceptors (Lipinski definition) is 3. The lowest BCUT2D eigenvalue weighted by Gasteiger charge is -2.07. The van der Waals surface area contributed by atoms with Crippen molar-refractivity contribution in [3.8, 4) is 0 Å². The molecular weight excluding hydrogens is 377 g/mol. The number of nitrogens with zero attached hydrogens (tertiary/aromatic N) is 1. The predicted octanol–water partition coefficient (Wildman–Crippen LogP) is 3.63. The van der Waals surface area contributed by atoms with Crippen molar-refractivity contribution >= 4 is 51.6 Å². The van der Waals surface area contributed by atoms with E-state index in [1.54, 1.807) is 13.1 Å². The van der Waals surface area contributed by atoms with Crippen molar-refractivity contribution < 1.29 is 4.79 Å². The topological polar surface area (TPSA) is 54.0 Å². The van der Waals surface area contributed by atoms with Crippen LogP contribution >= 0.6 is 34.2 Å². The number of halogens is 2. The number of nitrogens with one attached hydrogen (secondary N) is 2. The van der Waals surface area contributed by atoms with Gasteiger partial charge in [-0.15, -0.1) is 0 Å². The van der Waals surface area contributed by atoms with E-state index in [-0.39, 0.29) is 5.91 Å². The Hall–Kier alpha value is -1.34. The first kappa shape index (κ1) is 14.1. The summed E-state index contributed by atoms with van der Waals surface area (Å²) in [4.78, 5) is 16.1. The Morgan fingerprint density at radius 3 is 2.58 bits per heavy atom. The maximum absolute atomic E-state index is 12.0. The van der Waals surface area contributed by atoms with E-state index >= 15 is 0 Å². The van der Waals surface area contributed by atoms with Gasteiger partial charge in [-0.1, -0.05) is 11.6 Å². The molecule has 1 heterocycles. The van der Waals surface area contributed by atoms with Crippen LogP contribution in [-0.4, -0.2) is 17.9 Å². The summed E-state index contributed by atoms with van der Waals surface area (Å²) in [6, 6.07) is 9.12. The molecule has 2 aromatic rings. The predicted molar refractivity (Wildman–Crippen MR) is 85.9 cm³/mol. The minimum atomic E-state index is -0.238. The minimum absolute atomic E-state index is 0.238. The largest absolute Gasteiger partial charge is 0.372 e. The van der Waals surface area contributed by atoms with E-state index in [4.69, 9.17) is 11.6 Å². The average Bonchev–Trinajstić information content (AvgIpc) is 2.41. The van der Waals surface area contributed by atoms with Gasteiger partial charge in [-0.2, -0.15) is 0 Å². The van der Waals surface area contributed by atoms with E-state index in [2.05, 4.69) is 38.2 Å². The molecule has 0 radical (unpaired) electrons. The normalized spacial score (nSPS) is 10.1. The van der Waals surface area contributed by atoms with Crippen LogP contribution in [0.1, 0.15) is 10.4 Å². The summed E-state index contributed by atoms with van der Waals surface area (Å²) >= 11 is 8.20. The molecule has 4 nitrogen and oxygen atoms in total. The zero-order valence-corrected chi connectivity index (χ0v) is 13.0. The minimum Gasteiger partial charge on any atom is -0.372 e. The Bertz CT molecular complexity index is 601. The van der Waals surface area contributed by atoms with Gasteiger partial charge in [-0.3, -0.25) is 4.79 Å². The number of carbonyl (C=O) groups excluding carboxylic acids is 1. The second kappa shape index (κ2) is 6.21. The summed E-state index contributed by atoms with van der Waals surface area (Å²) in [6.07, 6.45) is 1.49. The molecule has 6 heteroatoms. The number of pyridine rings is 1. The highest BCUT2D eigenvalue weighted by Gasteiger charge is 2.09. The molecule has 1 aromatic heterocycles. The third-order valence-electron chi connectivity index (χ3n) is 2.44. The number of carbonyl (C=O) groups is 1. The van der Waals surface area contributed by atoms with E-state index in [1.165, 1.54) is 6.20 Å². The monoisotopic (exact) mass is 387 g/mol. The summed E-state index contributed by atoms with van der Waals surface area (Å²) in [5.41, 5.74) is 1.15. The molecule has 0 atom stereocenters. The van der Waals surface area contributed by atoms with Crippen LogP contribution in [0.2, 0.25) is 5.02 Å². The summed E-state index contributed by atoms with van der Waals surface area (Å²) in [5.74, 6) is 0.311. The first-order valence-electron chi connectivity index (χ1n) is 5.50. The summed E-state index contributed by atoms with van der Waals surface area (Å²) in [6.45, 7) is 0. The Morgan fingerprint density at radius 1 is 1.32 bits per heavy atom. The fourth-order valence-electron chi connectivity index (χ4n) is 1.48. The highest BCUT2D eigenvalue weighted by molar-refractivity contribution is 14.1. The van der Waals surface area contributed by atoms with Gasteiger partial charge in [0.1, 0.15) is 5.82 Å². The third-order valence-corrected chi connectivity index (χ3v) is 3.45. The second-order valence-corrected chi connectivity index (χ2v) is 5.42. The molecule has 0 spiro atoms. The highest BCUT2D eigenvalue weighted by atomic mass is 127. The molecule has 19 heavy (non-hydrogen) atoms. The summed E-state index contributed by atoms with van der Waals surface area (Å²) in [7, 11) is 1.72. The van der Waals surface area contributed by atoms with Crippen LogP contribution < -0.4 is 10.6 Å². The van der Waals surface area contributed by atoms with Crippen molar-refractivity contribution in [3.63, 3.8) is 0 Å². The molecule has 0 saturated heterocycles. The van der Waals surface area contributed by atoms with Crippen molar-refractivity contribution in [1.82, 2.24) is 4.98 Å². The molecule has 0 aliphatic carbocycles. The van der Waals surface area contributed by atoms with Crippen LogP contribution in [0.5, 0.6) is 0 Å². The van der Waals surface area contributed by atoms with Gasteiger partial charge in [0.15, 0.2) is 0 Å². The van der Waals surface area contributed by atoms with Crippen molar-refractivity contribution in [2.45, 2.75) is 0 Å². The molecule has 0 unspecified atom stereocenters. The molecule has 0 aliphatic rings. The Labute approximate surface area is 129 Å². The van der Waals surface area contributed by atoms with Gasteiger partial charge in [-0.25, -0.2) is 4.98 Å². The molecule has 0 bridgehead atoms. The standard InChI is InChI=1S/C13H11ClIN3O/c1-16-12-11(14)6-8(7-17-12)13(19)18-10-4-2-9(15)3-5-10/h2-7H,1H3,(H,16,17)(H,18,19). The van der Waals surface area contributed by atoms with Crippen molar-refractivity contribution in [2.75, 3.05) is 17.7 Å². The molecule has 1 amide bonds. The molecular formula is C13H11ClIN3O. The molecule has 2 rings (SSSR count). The maximum atomic E-state index is 12.0. The molecule has 0 saturated carbocycles. The van der Waals surface area contributed by atoms with Gasteiger partial charge in [0.05, 0.1) is 10.6 Å². The van der Waals surface area contributed by atoms with Gasteiger partial charge >= 0.3 is 0 Å². The number of benzene rings is 1. The highest BCUT2D eigenvalue weighted by Crippen LogP contribution is 2.20. The number of amides is 1. The number of rotatable bonds is 3. The Kier molecular flexibility index (Phi) is 4.60. The van der Waals surface area contributed by atoms with Crippen LogP contribution in [0.3, 0.4) is 0 Å². The first-order chi connectivity index (χ1) is 9.10. The van der Waals surface area contributed by atoms with E-state index in [1.807, 2.05) is 24.3 Å². The lowest BCUT2D eigenvalue weighted by atomic mass is 10.2. The fourth-order valence-corrected chi connectivity index (χ4v) is 2.10. The number of hydrogen-bond donors (Lipinski definition) is 2. The Morgan fingerprint density at radius 2 is 2.00 bits per heavy atom. The number of anilines is 2. The average molecular weight is 388 g/mol. The van der Waals surface area contributed by atoms with Gasteiger partial charge in [-0.05, 0) is 52.9 Å². The summed E-state index contributed by atoms with van der Waals surface area (Å²) in [5, 5.41) is 6.05. The smallest absolute Gasteiger partial charge is 0.257 e. The zero-order chi connectivity index (χ0) is 13.8. The van der Waals surface area contributed by atoms with Gasteiger partial charge < -0.3 is 10.6 Å². The fraction of sp³-hybridized carbons (Fsp3) is 0.0769. The zero-order valence-electron chi connectivity index (χ0n) is 10.1. The molecule has 0 fully saturated rings. The lowest BCUT2D eigenvalue weighted by molar-refractivity contribution is 0.102. The lowest BCUT2D eigenvalue weighted by Crippen LogP contribution is -2.12. The van der Waals surface area contributed by atoms with E-state index in [0.717, 1.165) is 9.26 Å².